The van der Waals surface area contributed by atoms with E-state index in [0.29, 0.717) is 5.82 Å². The van der Waals surface area contributed by atoms with Crippen LogP contribution < -0.4 is 5.73 Å². The topological polar surface area (TPSA) is 80.5 Å². The number of anilines is 1. The number of aromatic nitrogens is 4. The minimum absolute atomic E-state index is 0.508. The van der Waals surface area contributed by atoms with Gasteiger partial charge in [0.15, 0.2) is 0 Å². The van der Waals surface area contributed by atoms with E-state index in [2.05, 4.69) is 20.2 Å². The molecule has 0 aliphatic carbocycles. The molecule has 0 amide bonds. The maximum absolute atomic E-state index is 5.59. The molecule has 0 bridgehead atoms. The molecule has 0 unspecified atom stereocenters. The lowest BCUT2D eigenvalue weighted by Crippen LogP contribution is -1.88. The molecule has 0 saturated heterocycles. The molecule has 2 aromatic heterocycles. The van der Waals surface area contributed by atoms with E-state index in [1.807, 2.05) is 6.92 Å². The second-order valence-corrected chi connectivity index (χ2v) is 2.70. The van der Waals surface area contributed by atoms with Gasteiger partial charge in [0.2, 0.25) is 0 Å². The van der Waals surface area contributed by atoms with E-state index < -0.39 is 0 Å². The van der Waals surface area contributed by atoms with Crippen LogP contribution in [0.2, 0.25) is 0 Å². The number of aromatic amines is 1. The first-order valence-electron chi connectivity index (χ1n) is 3.86. The Morgan fingerprint density at radius 3 is 2.85 bits per heavy atom. The highest BCUT2D eigenvalue weighted by Crippen LogP contribution is 2.20. The molecular weight excluding hydrogens is 166 g/mol. The molecule has 3 N–H and O–H groups in total. The number of hydrogen-bond donors (Lipinski definition) is 2. The fourth-order valence-electron chi connectivity index (χ4n) is 1.10. The first-order valence-corrected chi connectivity index (χ1v) is 3.86. The van der Waals surface area contributed by atoms with E-state index in [4.69, 9.17) is 5.73 Å². The van der Waals surface area contributed by atoms with Crippen molar-refractivity contribution in [2.24, 2.45) is 0 Å². The molecule has 0 atom stereocenters. The van der Waals surface area contributed by atoms with Gasteiger partial charge in [-0.05, 0) is 13.0 Å². The average molecular weight is 175 g/mol. The summed E-state index contributed by atoms with van der Waals surface area (Å²) < 4.78 is 0. The van der Waals surface area contributed by atoms with E-state index in [1.54, 1.807) is 12.3 Å². The lowest BCUT2D eigenvalue weighted by molar-refractivity contribution is 1.08. The first kappa shape index (κ1) is 7.72. The molecule has 66 valence electrons. The van der Waals surface area contributed by atoms with Gasteiger partial charge in [0.05, 0.1) is 11.4 Å². The van der Waals surface area contributed by atoms with Gasteiger partial charge < -0.3 is 5.73 Å². The minimum Gasteiger partial charge on any atom is -0.382 e. The second kappa shape index (κ2) is 2.85. The Hall–Kier alpha value is -1.91. The Morgan fingerprint density at radius 1 is 1.46 bits per heavy atom. The summed E-state index contributed by atoms with van der Waals surface area (Å²) in [6.45, 7) is 1.90. The fraction of sp³-hybridized carbons (Fsp3) is 0.125. The molecule has 0 saturated carbocycles. The van der Waals surface area contributed by atoms with Gasteiger partial charge >= 0.3 is 0 Å². The Morgan fingerprint density at radius 2 is 2.31 bits per heavy atom. The molecule has 2 rings (SSSR count). The van der Waals surface area contributed by atoms with Crippen LogP contribution in [0.3, 0.4) is 0 Å². The lowest BCUT2D eigenvalue weighted by atomic mass is 10.2. The van der Waals surface area contributed by atoms with Gasteiger partial charge in [-0.2, -0.15) is 5.10 Å². The largest absolute Gasteiger partial charge is 0.382 e. The van der Waals surface area contributed by atoms with Gasteiger partial charge in [-0.15, -0.1) is 0 Å². The van der Waals surface area contributed by atoms with Crippen LogP contribution in [0.4, 0.5) is 5.82 Å². The van der Waals surface area contributed by atoms with Crippen LogP contribution in [-0.4, -0.2) is 20.2 Å². The summed E-state index contributed by atoms with van der Waals surface area (Å²) in [5.41, 5.74) is 8.16. The van der Waals surface area contributed by atoms with Crippen molar-refractivity contribution in [3.05, 3.63) is 24.2 Å². The van der Waals surface area contributed by atoms with Crippen LogP contribution in [0.15, 0.2) is 18.6 Å². The minimum atomic E-state index is 0.508. The summed E-state index contributed by atoms with van der Waals surface area (Å²) in [5, 5.41) is 6.71. The van der Waals surface area contributed by atoms with Crippen molar-refractivity contribution in [3.63, 3.8) is 0 Å². The predicted octanol–water partition coefficient (Wildman–Crippen LogP) is 0.757. The third-order valence-corrected chi connectivity index (χ3v) is 1.89. The number of rotatable bonds is 1. The molecule has 0 aliphatic heterocycles. The predicted molar refractivity (Wildman–Crippen MR) is 48.8 cm³/mol. The van der Waals surface area contributed by atoms with E-state index in [9.17, 15) is 0 Å². The van der Waals surface area contributed by atoms with Crippen molar-refractivity contribution >= 4 is 5.82 Å². The monoisotopic (exact) mass is 175 g/mol. The van der Waals surface area contributed by atoms with Crippen molar-refractivity contribution in [3.8, 4) is 11.4 Å². The Bertz CT molecular complexity index is 406. The van der Waals surface area contributed by atoms with E-state index >= 15 is 0 Å². The van der Waals surface area contributed by atoms with Gasteiger partial charge in [0, 0.05) is 11.8 Å². The van der Waals surface area contributed by atoms with Gasteiger partial charge in [0.1, 0.15) is 12.1 Å². The molecule has 2 aromatic rings. The third kappa shape index (κ3) is 1.24. The SMILES string of the molecule is Cc1c(N)n[nH]c1-c1ccncn1. The van der Waals surface area contributed by atoms with Crippen LogP contribution in [0, 0.1) is 6.92 Å². The summed E-state index contributed by atoms with van der Waals surface area (Å²) in [7, 11) is 0. The Labute approximate surface area is 75.0 Å². The van der Waals surface area contributed by atoms with E-state index in [1.165, 1.54) is 6.33 Å². The quantitative estimate of drug-likeness (QED) is 0.670. The molecule has 0 aliphatic rings. The highest BCUT2D eigenvalue weighted by atomic mass is 15.2. The van der Waals surface area contributed by atoms with Gasteiger partial charge in [-0.25, -0.2) is 9.97 Å². The maximum atomic E-state index is 5.59. The highest BCUT2D eigenvalue weighted by Gasteiger charge is 2.08. The van der Waals surface area contributed by atoms with E-state index in [-0.39, 0.29) is 0 Å². The zero-order valence-electron chi connectivity index (χ0n) is 7.15. The number of nitrogen functional groups attached to an aromatic ring is 1. The smallest absolute Gasteiger partial charge is 0.148 e. The first-order chi connectivity index (χ1) is 6.29. The van der Waals surface area contributed by atoms with Crippen LogP contribution >= 0.6 is 0 Å². The number of nitrogens with two attached hydrogens (primary N) is 1. The average Bonchev–Trinajstić information content (AvgIpc) is 2.49. The molecular formula is C8H9N5. The van der Waals surface area contributed by atoms with Crippen molar-refractivity contribution < 1.29 is 0 Å². The number of nitrogens with zero attached hydrogens (tertiary/aromatic N) is 3. The van der Waals surface area contributed by atoms with Crippen molar-refractivity contribution in [2.45, 2.75) is 6.92 Å². The zero-order valence-corrected chi connectivity index (χ0v) is 7.15. The normalized spacial score (nSPS) is 10.2. The van der Waals surface area contributed by atoms with Crippen LogP contribution in [0.1, 0.15) is 5.56 Å². The van der Waals surface area contributed by atoms with Gasteiger partial charge in [-0.1, -0.05) is 0 Å². The fourth-order valence-corrected chi connectivity index (χ4v) is 1.10. The molecule has 13 heavy (non-hydrogen) atoms. The number of hydrogen-bond acceptors (Lipinski definition) is 4. The highest BCUT2D eigenvalue weighted by molar-refractivity contribution is 5.63. The molecule has 0 fully saturated rings. The number of nitrogens with one attached hydrogen (secondary N) is 1. The molecule has 5 nitrogen and oxygen atoms in total. The van der Waals surface area contributed by atoms with Gasteiger partial charge in [-0.3, -0.25) is 5.10 Å². The third-order valence-electron chi connectivity index (χ3n) is 1.89. The summed E-state index contributed by atoms with van der Waals surface area (Å²) in [4.78, 5) is 7.92. The van der Waals surface area contributed by atoms with Crippen molar-refractivity contribution in [1.29, 1.82) is 0 Å². The summed E-state index contributed by atoms with van der Waals surface area (Å²) in [5.74, 6) is 0.508. The van der Waals surface area contributed by atoms with Crippen LogP contribution in [0.5, 0.6) is 0 Å². The number of H-pyrrole nitrogens is 1. The molecule has 5 heteroatoms. The van der Waals surface area contributed by atoms with Gasteiger partial charge in [0.25, 0.3) is 0 Å². The van der Waals surface area contributed by atoms with Crippen LogP contribution in [-0.2, 0) is 0 Å². The second-order valence-electron chi connectivity index (χ2n) is 2.70. The molecule has 0 radical (unpaired) electrons. The zero-order chi connectivity index (χ0) is 9.26. The Kier molecular flexibility index (Phi) is 1.70. The van der Waals surface area contributed by atoms with E-state index in [0.717, 1.165) is 17.0 Å². The van der Waals surface area contributed by atoms with Crippen molar-refractivity contribution in [2.75, 3.05) is 5.73 Å². The molecule has 2 heterocycles. The maximum Gasteiger partial charge on any atom is 0.148 e. The standard InChI is InChI=1S/C8H9N5/c1-5-7(12-13-8(5)9)6-2-3-10-4-11-6/h2-4H,1H3,(H3,9,12,13). The molecule has 0 spiro atoms. The van der Waals surface area contributed by atoms with Crippen molar-refractivity contribution in [1.82, 2.24) is 20.2 Å². The lowest BCUT2D eigenvalue weighted by Gasteiger charge is -1.96. The Balaban J connectivity index is 2.53. The molecule has 0 aromatic carbocycles. The summed E-state index contributed by atoms with van der Waals surface area (Å²) in [6.07, 6.45) is 3.17. The van der Waals surface area contributed by atoms with Crippen LogP contribution in [0.25, 0.3) is 11.4 Å². The summed E-state index contributed by atoms with van der Waals surface area (Å²) >= 11 is 0. The summed E-state index contributed by atoms with van der Waals surface area (Å²) in [6, 6.07) is 1.81.